The quantitative estimate of drug-likeness (QED) is 0.322. The number of benzene rings is 1. The van der Waals surface area contributed by atoms with E-state index in [1.807, 2.05) is 0 Å². The van der Waals surface area contributed by atoms with E-state index in [-0.39, 0.29) is 40.7 Å². The van der Waals surface area contributed by atoms with Gasteiger partial charge in [0.05, 0.1) is 35.8 Å². The van der Waals surface area contributed by atoms with E-state index in [1.165, 1.54) is 22.5 Å². The molecule has 1 aromatic carbocycles. The van der Waals surface area contributed by atoms with Crippen molar-refractivity contribution < 1.29 is 32.4 Å². The summed E-state index contributed by atoms with van der Waals surface area (Å²) in [5.41, 5.74) is -0.376. The molecule has 0 spiro atoms. The number of nitrogens with one attached hydrogen (secondary N) is 1. The Morgan fingerprint density at radius 1 is 1.27 bits per heavy atom. The highest BCUT2D eigenvalue weighted by Crippen LogP contribution is 2.26. The average Bonchev–Trinajstić information content (AvgIpc) is 3.27. The Kier molecular flexibility index (Phi) is 7.71. The molecule has 174 valence electrons. The molecule has 2 aromatic rings. The summed E-state index contributed by atoms with van der Waals surface area (Å²) < 4.78 is 36.8. The van der Waals surface area contributed by atoms with Gasteiger partial charge in [-0.2, -0.15) is 9.57 Å². The molecule has 1 aliphatic rings. The van der Waals surface area contributed by atoms with Gasteiger partial charge in [-0.15, -0.1) is 11.3 Å². The number of rotatable bonds is 8. The minimum absolute atomic E-state index is 0.0420. The Labute approximate surface area is 192 Å². The number of nitriles is 1. The average molecular weight is 495 g/mol. The van der Waals surface area contributed by atoms with Gasteiger partial charge in [0, 0.05) is 30.1 Å². The highest BCUT2D eigenvalue weighted by atomic mass is 32.2. The van der Waals surface area contributed by atoms with Crippen LogP contribution in [0, 0.1) is 21.4 Å². The lowest BCUT2D eigenvalue weighted by atomic mass is 10.1. The number of morpholine rings is 1. The number of nitrogens with zero attached hydrogens (tertiary/aromatic N) is 3. The number of hydrogen-bond donors (Lipinski definition) is 1. The van der Waals surface area contributed by atoms with Gasteiger partial charge in [-0.1, -0.05) is 0 Å². The number of nitro benzene ring substituents is 1. The van der Waals surface area contributed by atoms with Gasteiger partial charge in [0.15, 0.2) is 6.61 Å². The van der Waals surface area contributed by atoms with Crippen molar-refractivity contribution in [3.8, 4) is 6.07 Å². The predicted octanol–water partition coefficient (Wildman–Crippen LogP) is 1.27. The summed E-state index contributed by atoms with van der Waals surface area (Å²) in [6.07, 6.45) is -0.225. The summed E-state index contributed by atoms with van der Waals surface area (Å²) in [4.78, 5) is 34.7. The fourth-order valence-electron chi connectivity index (χ4n) is 2.88. The minimum atomic E-state index is -3.67. The predicted molar refractivity (Wildman–Crippen MR) is 115 cm³/mol. The van der Waals surface area contributed by atoms with Gasteiger partial charge >= 0.3 is 5.97 Å². The Balaban J connectivity index is 1.53. The Morgan fingerprint density at radius 3 is 2.67 bits per heavy atom. The number of hydrogen-bond acceptors (Lipinski definition) is 10. The number of esters is 1. The van der Waals surface area contributed by atoms with Crippen LogP contribution < -0.4 is 5.32 Å². The molecule has 2 heterocycles. The fourth-order valence-corrected chi connectivity index (χ4v) is 5.78. The maximum absolute atomic E-state index is 12.6. The zero-order valence-corrected chi connectivity index (χ0v) is 18.7. The van der Waals surface area contributed by atoms with Crippen molar-refractivity contribution >= 4 is 44.6 Å². The lowest BCUT2D eigenvalue weighted by Crippen LogP contribution is -2.40. The second-order valence-electron chi connectivity index (χ2n) is 6.72. The first-order valence-corrected chi connectivity index (χ1v) is 11.8. The third kappa shape index (κ3) is 6.11. The minimum Gasteiger partial charge on any atom is -0.455 e. The van der Waals surface area contributed by atoms with E-state index in [2.05, 4.69) is 5.32 Å². The summed E-state index contributed by atoms with van der Waals surface area (Å²) in [5, 5.41) is 22.2. The molecule has 0 saturated carbocycles. The van der Waals surface area contributed by atoms with E-state index in [0.29, 0.717) is 18.1 Å². The molecule has 0 aliphatic carbocycles. The maximum atomic E-state index is 12.6. The number of thiophene rings is 1. The van der Waals surface area contributed by atoms with Gasteiger partial charge in [-0.3, -0.25) is 19.7 Å². The van der Waals surface area contributed by atoms with Gasteiger partial charge in [0.2, 0.25) is 0 Å². The van der Waals surface area contributed by atoms with Crippen LogP contribution in [0.1, 0.15) is 10.4 Å². The van der Waals surface area contributed by atoms with Gasteiger partial charge in [0.1, 0.15) is 10.3 Å². The second kappa shape index (κ2) is 10.5. The molecule has 1 N–H and O–H groups in total. The smallest absolute Gasteiger partial charge is 0.311 e. The van der Waals surface area contributed by atoms with Crippen LogP contribution in [0.2, 0.25) is 0 Å². The maximum Gasteiger partial charge on any atom is 0.311 e. The Hall–Kier alpha value is -3.38. The van der Waals surface area contributed by atoms with Crippen molar-refractivity contribution in [3.63, 3.8) is 0 Å². The highest BCUT2D eigenvalue weighted by Gasteiger charge is 2.28. The van der Waals surface area contributed by atoms with Crippen molar-refractivity contribution in [2.24, 2.45) is 0 Å². The fraction of sp³-hybridized carbons (Fsp3) is 0.316. The summed E-state index contributed by atoms with van der Waals surface area (Å²) in [5.74, 6) is -1.48. The Morgan fingerprint density at radius 2 is 2.00 bits per heavy atom. The first-order valence-electron chi connectivity index (χ1n) is 9.51. The lowest BCUT2D eigenvalue weighted by Gasteiger charge is -2.25. The van der Waals surface area contributed by atoms with Crippen LogP contribution >= 0.6 is 11.3 Å². The molecule has 0 bridgehead atoms. The first kappa shape index (κ1) is 24.3. The highest BCUT2D eigenvalue weighted by molar-refractivity contribution is 7.91. The number of non-ortho nitro benzene ring substituents is 1. The molecule has 0 radical (unpaired) electrons. The summed E-state index contributed by atoms with van der Waals surface area (Å²) >= 11 is 0.944. The van der Waals surface area contributed by atoms with Crippen LogP contribution in [0.25, 0.3) is 0 Å². The summed E-state index contributed by atoms with van der Waals surface area (Å²) in [6.45, 7) is 0.512. The van der Waals surface area contributed by atoms with Gasteiger partial charge < -0.3 is 14.8 Å². The number of carbonyl (C=O) groups is 2. The SMILES string of the molecule is N#Cc1cc([N+](=O)[O-])ccc1NC(=O)COC(=O)Cc1ccc(S(=O)(=O)N2CCOCC2)s1. The molecule has 33 heavy (non-hydrogen) atoms. The molecular formula is C19H18N4O8S2. The second-order valence-corrected chi connectivity index (χ2v) is 10.1. The molecule has 1 aliphatic heterocycles. The van der Waals surface area contributed by atoms with E-state index >= 15 is 0 Å². The molecule has 1 amide bonds. The summed E-state index contributed by atoms with van der Waals surface area (Å²) in [7, 11) is -3.67. The zero-order valence-electron chi connectivity index (χ0n) is 17.1. The van der Waals surface area contributed by atoms with Crippen molar-refractivity contribution in [2.45, 2.75) is 10.6 Å². The van der Waals surface area contributed by atoms with Gasteiger partial charge in [0.25, 0.3) is 21.6 Å². The van der Waals surface area contributed by atoms with E-state index in [4.69, 9.17) is 14.7 Å². The Bertz CT molecular complexity index is 1210. The van der Waals surface area contributed by atoms with Crippen LogP contribution in [-0.4, -0.2) is 62.4 Å². The first-order chi connectivity index (χ1) is 15.7. The largest absolute Gasteiger partial charge is 0.455 e. The number of anilines is 1. The third-order valence-corrected chi connectivity index (χ3v) is 7.94. The molecule has 0 atom stereocenters. The lowest BCUT2D eigenvalue weighted by molar-refractivity contribution is -0.384. The van der Waals surface area contributed by atoms with E-state index < -0.39 is 33.4 Å². The normalized spacial score (nSPS) is 14.3. The van der Waals surface area contributed by atoms with Crippen LogP contribution in [0.4, 0.5) is 11.4 Å². The van der Waals surface area contributed by atoms with Crippen molar-refractivity contribution in [1.29, 1.82) is 5.26 Å². The number of nitro groups is 1. The van der Waals surface area contributed by atoms with Crippen molar-refractivity contribution in [1.82, 2.24) is 4.31 Å². The standard InChI is InChI=1S/C19H18N4O8S2/c20-11-13-9-14(23(26)27)1-3-16(13)21-17(24)12-31-18(25)10-15-2-4-19(32-15)33(28,29)22-5-7-30-8-6-22/h1-4,9H,5-8,10,12H2,(H,21,24). The van der Waals surface area contributed by atoms with Crippen LogP contribution in [-0.2, 0) is 35.5 Å². The molecule has 1 fully saturated rings. The molecule has 3 rings (SSSR count). The molecule has 1 saturated heterocycles. The van der Waals surface area contributed by atoms with Crippen molar-refractivity contribution in [2.75, 3.05) is 38.2 Å². The topological polar surface area (TPSA) is 169 Å². The van der Waals surface area contributed by atoms with E-state index in [0.717, 1.165) is 23.5 Å². The molecule has 1 aromatic heterocycles. The third-order valence-electron chi connectivity index (χ3n) is 4.49. The van der Waals surface area contributed by atoms with Crippen LogP contribution in [0.15, 0.2) is 34.5 Å². The number of amides is 1. The van der Waals surface area contributed by atoms with Crippen LogP contribution in [0.3, 0.4) is 0 Å². The molecule has 12 nitrogen and oxygen atoms in total. The van der Waals surface area contributed by atoms with Crippen LogP contribution in [0.5, 0.6) is 0 Å². The van der Waals surface area contributed by atoms with Gasteiger partial charge in [-0.25, -0.2) is 8.42 Å². The summed E-state index contributed by atoms with van der Waals surface area (Å²) in [6, 6.07) is 8.02. The van der Waals surface area contributed by atoms with Gasteiger partial charge in [-0.05, 0) is 18.2 Å². The van der Waals surface area contributed by atoms with E-state index in [1.54, 1.807) is 6.07 Å². The molecule has 0 unspecified atom stereocenters. The van der Waals surface area contributed by atoms with Crippen molar-refractivity contribution in [3.05, 3.63) is 50.9 Å². The zero-order chi connectivity index (χ0) is 24.0. The number of carbonyl (C=O) groups excluding carboxylic acids is 2. The molecule has 14 heteroatoms. The molecular weight excluding hydrogens is 476 g/mol. The van der Waals surface area contributed by atoms with E-state index in [9.17, 15) is 28.1 Å². The number of sulfonamides is 1. The number of ether oxygens (including phenoxy) is 2. The monoisotopic (exact) mass is 494 g/mol.